The van der Waals surface area contributed by atoms with Crippen LogP contribution in [0.5, 0.6) is 0 Å². The van der Waals surface area contributed by atoms with Crippen molar-refractivity contribution in [3.63, 3.8) is 0 Å². The molecule has 10 nitrogen and oxygen atoms in total. The molecule has 0 bridgehead atoms. The van der Waals surface area contributed by atoms with Crippen LogP contribution in [0.25, 0.3) is 16.8 Å². The zero-order valence-corrected chi connectivity index (χ0v) is 33.1. The molecule has 4 N–H and O–H groups in total. The highest BCUT2D eigenvalue weighted by molar-refractivity contribution is 8.00. The number of thioether (sulfide) groups is 1. The van der Waals surface area contributed by atoms with Crippen LogP contribution in [0, 0.1) is 6.92 Å². The molecule has 0 spiro atoms. The summed E-state index contributed by atoms with van der Waals surface area (Å²) in [6, 6.07) is 38.2. The van der Waals surface area contributed by atoms with Crippen molar-refractivity contribution in [3.8, 4) is 0 Å². The molecule has 1 atom stereocenters. The minimum Gasteiger partial charge on any atom is -0.462 e. The summed E-state index contributed by atoms with van der Waals surface area (Å²) in [5.74, 6) is -2.40. The Morgan fingerprint density at radius 1 is 0.737 bits per heavy atom. The summed E-state index contributed by atoms with van der Waals surface area (Å²) in [6.07, 6.45) is 2.08. The molecule has 1 unspecified atom stereocenters. The van der Waals surface area contributed by atoms with Gasteiger partial charge in [-0.1, -0.05) is 91.9 Å². The van der Waals surface area contributed by atoms with Gasteiger partial charge in [0.05, 0.1) is 22.3 Å². The highest BCUT2D eigenvalue weighted by Crippen LogP contribution is 2.36. The van der Waals surface area contributed by atoms with Crippen LogP contribution in [0.1, 0.15) is 61.8 Å². The number of hydrogen-bond donors (Lipinski definition) is 4. The Kier molecular flexibility index (Phi) is 13.3. The van der Waals surface area contributed by atoms with Gasteiger partial charge < -0.3 is 26.0 Å². The zero-order chi connectivity index (χ0) is 40.3. The lowest BCUT2D eigenvalue weighted by molar-refractivity contribution is -0.116. The molecule has 5 aromatic carbocycles. The number of rotatable bonds is 14. The van der Waals surface area contributed by atoms with Crippen molar-refractivity contribution in [2.75, 3.05) is 22.6 Å². The number of anilines is 3. The Balaban J connectivity index is 1.21. The summed E-state index contributed by atoms with van der Waals surface area (Å²) in [7, 11) is 0. The second kappa shape index (κ2) is 18.9. The van der Waals surface area contributed by atoms with Gasteiger partial charge >= 0.3 is 5.97 Å². The van der Waals surface area contributed by atoms with Crippen LogP contribution in [-0.4, -0.2) is 41.5 Å². The molecule has 0 aliphatic heterocycles. The highest BCUT2D eigenvalue weighted by Gasteiger charge is 2.29. The van der Waals surface area contributed by atoms with Crippen LogP contribution < -0.4 is 21.3 Å². The summed E-state index contributed by atoms with van der Waals surface area (Å²) >= 11 is 2.29. The fourth-order valence-corrected chi connectivity index (χ4v) is 8.08. The van der Waals surface area contributed by atoms with Gasteiger partial charge in [0.2, 0.25) is 5.91 Å². The first-order valence-electron chi connectivity index (χ1n) is 18.3. The van der Waals surface area contributed by atoms with Crippen LogP contribution in [0.2, 0.25) is 0 Å². The van der Waals surface area contributed by atoms with Crippen LogP contribution in [-0.2, 0) is 14.3 Å². The number of hydrogen-bond acceptors (Lipinski definition) is 8. The van der Waals surface area contributed by atoms with Crippen LogP contribution in [0.4, 0.5) is 16.4 Å². The Hall–Kier alpha value is -6.50. The summed E-state index contributed by atoms with van der Waals surface area (Å²) in [5, 5.41) is 13.0. The Morgan fingerprint density at radius 3 is 2.14 bits per heavy atom. The molecule has 0 saturated heterocycles. The lowest BCUT2D eigenvalue weighted by Gasteiger charge is -2.16. The number of thiophene rings is 1. The zero-order valence-electron chi connectivity index (χ0n) is 31.5. The third-order valence-electron chi connectivity index (χ3n) is 8.79. The number of ether oxygens (including phenoxy) is 1. The van der Waals surface area contributed by atoms with E-state index in [4.69, 9.17) is 4.74 Å². The predicted molar refractivity (Wildman–Crippen MR) is 229 cm³/mol. The minimum absolute atomic E-state index is 0.0459. The summed E-state index contributed by atoms with van der Waals surface area (Å²) in [5.41, 5.74) is 2.77. The first-order valence-corrected chi connectivity index (χ1v) is 20.0. The molecular weight excluding hydrogens is 757 g/mol. The van der Waals surface area contributed by atoms with Crippen molar-refractivity contribution in [1.82, 2.24) is 5.32 Å². The first kappa shape index (κ1) is 40.2. The number of esters is 1. The fraction of sp³-hybridized carbons (Fsp3) is 0.133. The van der Waals surface area contributed by atoms with Crippen molar-refractivity contribution in [1.29, 1.82) is 0 Å². The smallest absolute Gasteiger partial charge is 0.341 e. The van der Waals surface area contributed by atoms with Crippen LogP contribution in [0.15, 0.2) is 138 Å². The number of carbonyl (C=O) groups is 5. The lowest BCUT2D eigenvalue weighted by atomic mass is 10.0. The molecular formula is C45H40N4O6S2. The molecule has 6 rings (SSSR count). The van der Waals surface area contributed by atoms with Gasteiger partial charge in [0.1, 0.15) is 10.7 Å². The molecule has 6 aromatic rings. The van der Waals surface area contributed by atoms with E-state index in [1.165, 1.54) is 11.8 Å². The molecule has 288 valence electrons. The molecule has 0 fully saturated rings. The van der Waals surface area contributed by atoms with E-state index in [9.17, 15) is 24.0 Å². The third kappa shape index (κ3) is 10.0. The molecule has 0 saturated carbocycles. The van der Waals surface area contributed by atoms with Gasteiger partial charge in [0, 0.05) is 21.8 Å². The van der Waals surface area contributed by atoms with E-state index in [1.807, 2.05) is 67.6 Å². The molecule has 0 radical (unpaired) electrons. The number of para-hydroxylation sites is 1. The van der Waals surface area contributed by atoms with E-state index in [2.05, 4.69) is 21.3 Å². The minimum atomic E-state index is -0.640. The Bertz CT molecular complexity index is 2460. The number of carbonyl (C=O) groups excluding carboxylic acids is 5. The van der Waals surface area contributed by atoms with Gasteiger partial charge in [-0.05, 0) is 90.7 Å². The van der Waals surface area contributed by atoms with E-state index in [0.717, 1.165) is 27.7 Å². The average molecular weight is 797 g/mol. The van der Waals surface area contributed by atoms with E-state index in [1.54, 1.807) is 86.7 Å². The van der Waals surface area contributed by atoms with Crippen molar-refractivity contribution in [2.24, 2.45) is 0 Å². The molecule has 1 aromatic heterocycles. The Labute approximate surface area is 338 Å². The number of nitrogens with one attached hydrogen (secondary N) is 4. The van der Waals surface area contributed by atoms with E-state index >= 15 is 0 Å². The topological polar surface area (TPSA) is 143 Å². The van der Waals surface area contributed by atoms with Gasteiger partial charge in [0.25, 0.3) is 17.7 Å². The quantitative estimate of drug-likeness (QED) is 0.0489. The maximum Gasteiger partial charge on any atom is 0.341 e. The standard InChI is InChI=1S/C45H40N4O6S2/c1-4-37(42(52)49-44-38(45(54)55-5-2)28(3)39(57-44)43(53)46-32-21-10-7-11-22-32)56-34-24-15-23-33(27-34)47-41(51)36(48-40(50)30-17-8-6-9-18-30)26-31-20-14-19-29-16-12-13-25-35(29)31/h6-27,37H,4-5H2,1-3H3,(H,46,53)(H,47,51)(H,48,50)(H,49,52)/b36-26+. The molecule has 1 heterocycles. The molecule has 0 aliphatic rings. The van der Waals surface area contributed by atoms with Crippen LogP contribution >= 0.6 is 23.1 Å². The molecule has 0 aliphatic carbocycles. The van der Waals surface area contributed by atoms with Crippen molar-refractivity contribution >= 4 is 85.9 Å². The molecule has 4 amide bonds. The van der Waals surface area contributed by atoms with Crippen molar-refractivity contribution in [3.05, 3.63) is 160 Å². The highest BCUT2D eigenvalue weighted by atomic mass is 32.2. The van der Waals surface area contributed by atoms with Crippen LogP contribution in [0.3, 0.4) is 0 Å². The van der Waals surface area contributed by atoms with Gasteiger partial charge in [-0.2, -0.15) is 0 Å². The Morgan fingerprint density at radius 2 is 1.40 bits per heavy atom. The second-order valence-corrected chi connectivity index (χ2v) is 15.0. The largest absolute Gasteiger partial charge is 0.462 e. The third-order valence-corrected chi connectivity index (χ3v) is 11.4. The predicted octanol–water partition coefficient (Wildman–Crippen LogP) is 9.56. The average Bonchev–Trinajstić information content (AvgIpc) is 3.55. The molecule has 12 heteroatoms. The fourth-order valence-electron chi connectivity index (χ4n) is 5.98. The normalized spacial score (nSPS) is 11.7. The van der Waals surface area contributed by atoms with E-state index < -0.39 is 28.9 Å². The maximum atomic E-state index is 13.9. The monoisotopic (exact) mass is 796 g/mol. The first-order chi connectivity index (χ1) is 27.6. The summed E-state index contributed by atoms with van der Waals surface area (Å²) in [6.45, 7) is 5.32. The number of benzene rings is 5. The summed E-state index contributed by atoms with van der Waals surface area (Å²) < 4.78 is 5.30. The lowest BCUT2D eigenvalue weighted by Crippen LogP contribution is -2.30. The van der Waals surface area contributed by atoms with E-state index in [-0.39, 0.29) is 33.7 Å². The number of amides is 4. The summed E-state index contributed by atoms with van der Waals surface area (Å²) in [4.78, 5) is 68.3. The molecule has 57 heavy (non-hydrogen) atoms. The second-order valence-electron chi connectivity index (χ2n) is 12.7. The number of fused-ring (bicyclic) bond motifs is 1. The van der Waals surface area contributed by atoms with Crippen molar-refractivity contribution < 1.29 is 28.7 Å². The van der Waals surface area contributed by atoms with Gasteiger partial charge in [-0.3, -0.25) is 19.2 Å². The van der Waals surface area contributed by atoms with Gasteiger partial charge in [-0.15, -0.1) is 23.1 Å². The maximum absolute atomic E-state index is 13.9. The van der Waals surface area contributed by atoms with Crippen molar-refractivity contribution in [2.45, 2.75) is 37.3 Å². The van der Waals surface area contributed by atoms with E-state index in [0.29, 0.717) is 33.8 Å². The van der Waals surface area contributed by atoms with Gasteiger partial charge in [-0.25, -0.2) is 4.79 Å². The van der Waals surface area contributed by atoms with Gasteiger partial charge in [0.15, 0.2) is 0 Å². The SMILES string of the molecule is CCOC(=O)c1c(NC(=O)C(CC)Sc2cccc(NC(=O)/C(=C\c3cccc4ccccc34)NC(=O)c3ccccc3)c2)sc(C(=O)Nc2ccccc2)c1C.